The lowest BCUT2D eigenvalue weighted by molar-refractivity contribution is 0.0697. The van der Waals surface area contributed by atoms with Gasteiger partial charge in [-0.25, -0.2) is 9.78 Å². The van der Waals surface area contributed by atoms with Gasteiger partial charge in [0.25, 0.3) is 0 Å². The third-order valence-corrected chi connectivity index (χ3v) is 2.94. The molecule has 0 bridgehead atoms. The van der Waals surface area contributed by atoms with Gasteiger partial charge in [0.15, 0.2) is 0 Å². The van der Waals surface area contributed by atoms with Gasteiger partial charge in [0.05, 0.1) is 6.61 Å². The number of benzene rings is 1. The van der Waals surface area contributed by atoms with Crippen LogP contribution in [0, 0.1) is 0 Å². The summed E-state index contributed by atoms with van der Waals surface area (Å²) in [4.78, 5) is 15.1. The van der Waals surface area contributed by atoms with E-state index in [-0.39, 0.29) is 23.1 Å². The Bertz CT molecular complexity index is 632. The zero-order valence-electron chi connectivity index (χ0n) is 10.5. The van der Waals surface area contributed by atoms with Gasteiger partial charge < -0.3 is 15.5 Å². The van der Waals surface area contributed by atoms with E-state index in [1.807, 2.05) is 24.3 Å². The maximum absolute atomic E-state index is 11.1. The van der Waals surface area contributed by atoms with Crippen LogP contribution < -0.4 is 5.32 Å². The zero-order valence-corrected chi connectivity index (χ0v) is 11.3. The number of carboxylic acids is 1. The van der Waals surface area contributed by atoms with E-state index in [0.717, 1.165) is 11.1 Å². The number of aromatic nitrogens is 1. The Hall–Kier alpha value is -2.11. The van der Waals surface area contributed by atoms with Crippen LogP contribution in [0.15, 0.2) is 36.4 Å². The number of nitrogens with zero attached hydrogens (tertiary/aromatic N) is 1. The SMILES string of the molecule is O=C(O)c1ccc(Cl)nc1NCc1cccc(CO)c1. The molecule has 1 heterocycles. The quantitative estimate of drug-likeness (QED) is 0.738. The van der Waals surface area contributed by atoms with Gasteiger partial charge in [-0.15, -0.1) is 0 Å². The topological polar surface area (TPSA) is 82.5 Å². The number of aliphatic hydroxyl groups is 1. The summed E-state index contributed by atoms with van der Waals surface area (Å²) < 4.78 is 0. The van der Waals surface area contributed by atoms with Crippen LogP contribution in [0.1, 0.15) is 21.5 Å². The molecule has 6 heteroatoms. The first-order chi connectivity index (χ1) is 9.60. The summed E-state index contributed by atoms with van der Waals surface area (Å²) in [6.45, 7) is 0.352. The minimum atomic E-state index is -1.07. The molecule has 20 heavy (non-hydrogen) atoms. The summed E-state index contributed by atoms with van der Waals surface area (Å²) in [7, 11) is 0. The van der Waals surface area contributed by atoms with Crippen molar-refractivity contribution in [1.29, 1.82) is 0 Å². The molecule has 0 spiro atoms. The number of hydrogen-bond donors (Lipinski definition) is 3. The molecule has 0 saturated carbocycles. The van der Waals surface area contributed by atoms with E-state index in [1.165, 1.54) is 12.1 Å². The van der Waals surface area contributed by atoms with E-state index in [9.17, 15) is 4.79 Å². The third kappa shape index (κ3) is 3.46. The van der Waals surface area contributed by atoms with E-state index in [4.69, 9.17) is 21.8 Å². The second kappa shape index (κ2) is 6.36. The van der Waals surface area contributed by atoms with Crippen molar-refractivity contribution >= 4 is 23.4 Å². The molecule has 0 atom stereocenters. The summed E-state index contributed by atoms with van der Waals surface area (Å²) in [6.07, 6.45) is 0. The predicted octanol–water partition coefficient (Wildman–Crippen LogP) is 2.54. The van der Waals surface area contributed by atoms with E-state index in [0.29, 0.717) is 6.54 Å². The molecule has 104 valence electrons. The van der Waals surface area contributed by atoms with Crippen molar-refractivity contribution in [2.45, 2.75) is 13.2 Å². The summed E-state index contributed by atoms with van der Waals surface area (Å²) >= 11 is 5.77. The molecular formula is C14H13ClN2O3. The molecule has 0 radical (unpaired) electrons. The van der Waals surface area contributed by atoms with Crippen LogP contribution in [0.4, 0.5) is 5.82 Å². The van der Waals surface area contributed by atoms with Crippen molar-refractivity contribution < 1.29 is 15.0 Å². The summed E-state index contributed by atoms with van der Waals surface area (Å²) in [5.41, 5.74) is 1.77. The maximum atomic E-state index is 11.1. The van der Waals surface area contributed by atoms with Gasteiger partial charge in [0.1, 0.15) is 16.5 Å². The minimum absolute atomic E-state index is 0.0381. The minimum Gasteiger partial charge on any atom is -0.478 e. The molecule has 0 fully saturated rings. The van der Waals surface area contributed by atoms with Gasteiger partial charge in [-0.2, -0.15) is 0 Å². The summed E-state index contributed by atoms with van der Waals surface area (Å²) in [5, 5.41) is 21.3. The van der Waals surface area contributed by atoms with Gasteiger partial charge in [-0.05, 0) is 23.3 Å². The van der Waals surface area contributed by atoms with Crippen LogP contribution >= 0.6 is 11.6 Å². The molecule has 3 N–H and O–H groups in total. The third-order valence-electron chi connectivity index (χ3n) is 2.73. The Balaban J connectivity index is 2.17. The largest absolute Gasteiger partial charge is 0.478 e. The molecule has 0 amide bonds. The summed E-state index contributed by atoms with van der Waals surface area (Å²) in [5.74, 6) is -0.847. The predicted molar refractivity (Wildman–Crippen MR) is 75.9 cm³/mol. The molecule has 0 aliphatic carbocycles. The lowest BCUT2D eigenvalue weighted by Gasteiger charge is -2.09. The Labute approximate surface area is 120 Å². The second-order valence-electron chi connectivity index (χ2n) is 4.17. The molecule has 1 aromatic carbocycles. The Morgan fingerprint density at radius 3 is 2.70 bits per heavy atom. The first kappa shape index (κ1) is 14.3. The number of pyridine rings is 1. The lowest BCUT2D eigenvalue weighted by Crippen LogP contribution is -2.08. The van der Waals surface area contributed by atoms with Crippen LogP contribution in [-0.4, -0.2) is 21.2 Å². The first-order valence-electron chi connectivity index (χ1n) is 5.92. The molecule has 5 nitrogen and oxygen atoms in total. The highest BCUT2D eigenvalue weighted by atomic mass is 35.5. The van der Waals surface area contributed by atoms with Gasteiger partial charge in [0.2, 0.25) is 0 Å². The number of halogens is 1. The Morgan fingerprint density at radius 1 is 1.25 bits per heavy atom. The number of anilines is 1. The molecule has 2 aromatic rings. The van der Waals surface area contributed by atoms with Crippen LogP contribution in [0.2, 0.25) is 5.15 Å². The number of hydrogen-bond acceptors (Lipinski definition) is 4. The van der Waals surface area contributed by atoms with Crippen LogP contribution in [-0.2, 0) is 13.2 Å². The Morgan fingerprint density at radius 2 is 2.00 bits per heavy atom. The number of carboxylic acid groups (broad SMARTS) is 1. The maximum Gasteiger partial charge on any atom is 0.339 e. The molecule has 0 saturated heterocycles. The number of nitrogens with one attached hydrogen (secondary N) is 1. The molecule has 0 unspecified atom stereocenters. The van der Waals surface area contributed by atoms with Gasteiger partial charge in [-0.3, -0.25) is 0 Å². The number of aromatic carboxylic acids is 1. The summed E-state index contributed by atoms with van der Waals surface area (Å²) in [6, 6.07) is 10.2. The number of carbonyl (C=O) groups is 1. The molecular weight excluding hydrogens is 280 g/mol. The van der Waals surface area contributed by atoms with Crippen molar-refractivity contribution in [2.24, 2.45) is 0 Å². The van der Waals surface area contributed by atoms with E-state index in [1.54, 1.807) is 0 Å². The standard InChI is InChI=1S/C14H13ClN2O3/c15-12-5-4-11(14(19)20)13(17-12)16-7-9-2-1-3-10(6-9)8-18/h1-6,18H,7-8H2,(H,16,17)(H,19,20). The fourth-order valence-electron chi connectivity index (χ4n) is 1.77. The second-order valence-corrected chi connectivity index (χ2v) is 4.55. The van der Waals surface area contributed by atoms with Crippen molar-refractivity contribution in [2.75, 3.05) is 5.32 Å². The van der Waals surface area contributed by atoms with Crippen molar-refractivity contribution in [3.05, 3.63) is 58.2 Å². The highest BCUT2D eigenvalue weighted by Gasteiger charge is 2.11. The van der Waals surface area contributed by atoms with Gasteiger partial charge in [0, 0.05) is 6.54 Å². The lowest BCUT2D eigenvalue weighted by atomic mass is 10.1. The highest BCUT2D eigenvalue weighted by molar-refractivity contribution is 6.29. The molecule has 0 aliphatic rings. The smallest absolute Gasteiger partial charge is 0.339 e. The van der Waals surface area contributed by atoms with Crippen molar-refractivity contribution in [3.63, 3.8) is 0 Å². The van der Waals surface area contributed by atoms with Crippen LogP contribution in [0.5, 0.6) is 0 Å². The normalized spacial score (nSPS) is 10.3. The molecule has 2 rings (SSSR count). The molecule has 0 aliphatic heterocycles. The fourth-order valence-corrected chi connectivity index (χ4v) is 1.91. The number of aliphatic hydroxyl groups excluding tert-OH is 1. The molecule has 1 aromatic heterocycles. The van der Waals surface area contributed by atoms with Gasteiger partial charge in [-0.1, -0.05) is 35.9 Å². The highest BCUT2D eigenvalue weighted by Crippen LogP contribution is 2.17. The van der Waals surface area contributed by atoms with Crippen molar-refractivity contribution in [1.82, 2.24) is 4.98 Å². The van der Waals surface area contributed by atoms with Gasteiger partial charge >= 0.3 is 5.97 Å². The van der Waals surface area contributed by atoms with Crippen LogP contribution in [0.25, 0.3) is 0 Å². The Kier molecular flexibility index (Phi) is 4.55. The van der Waals surface area contributed by atoms with Crippen LogP contribution in [0.3, 0.4) is 0 Å². The van der Waals surface area contributed by atoms with E-state index in [2.05, 4.69) is 10.3 Å². The monoisotopic (exact) mass is 292 g/mol. The number of rotatable bonds is 5. The zero-order chi connectivity index (χ0) is 14.5. The van der Waals surface area contributed by atoms with E-state index >= 15 is 0 Å². The average Bonchev–Trinajstić information content (AvgIpc) is 2.45. The van der Waals surface area contributed by atoms with E-state index < -0.39 is 5.97 Å². The average molecular weight is 293 g/mol. The fraction of sp³-hybridized carbons (Fsp3) is 0.143. The van der Waals surface area contributed by atoms with Crippen molar-refractivity contribution in [3.8, 4) is 0 Å². The first-order valence-corrected chi connectivity index (χ1v) is 6.30.